The van der Waals surface area contributed by atoms with Crippen molar-refractivity contribution < 1.29 is 8.78 Å². The zero-order valence-electron chi connectivity index (χ0n) is 23.4. The molecule has 0 spiro atoms. The molecule has 5 rings (SSSR count). The molecule has 1 aromatic carbocycles. The van der Waals surface area contributed by atoms with Gasteiger partial charge in [-0.3, -0.25) is 9.97 Å². The number of aromatic nitrogens is 5. The topological polar surface area (TPSA) is 128 Å². The largest absolute Gasteiger partial charge is 0.383 e. The summed E-state index contributed by atoms with van der Waals surface area (Å²) < 4.78 is 29.0. The Bertz CT molecular complexity index is 1670. The lowest BCUT2D eigenvalue weighted by Crippen LogP contribution is -2.26. The summed E-state index contributed by atoms with van der Waals surface area (Å²) in [6.45, 7) is 8.83. The van der Waals surface area contributed by atoms with Gasteiger partial charge in [-0.25, -0.2) is 13.5 Å². The molecule has 9 nitrogen and oxygen atoms in total. The number of benzene rings is 1. The number of aryl methyl sites for hydroxylation is 1. The highest BCUT2D eigenvalue weighted by molar-refractivity contribution is 5.99. The van der Waals surface area contributed by atoms with Gasteiger partial charge in [0.05, 0.1) is 34.6 Å². The van der Waals surface area contributed by atoms with Gasteiger partial charge in [0, 0.05) is 41.3 Å². The Labute approximate surface area is 237 Å². The van der Waals surface area contributed by atoms with Crippen LogP contribution in [0.4, 0.5) is 20.2 Å². The van der Waals surface area contributed by atoms with Gasteiger partial charge in [0.15, 0.2) is 0 Å². The van der Waals surface area contributed by atoms with Gasteiger partial charge in [0.1, 0.15) is 23.4 Å². The SMILES string of the molecule is CCc1ncccc1[C@H](Nc1cc(C#N)c2ncc(C#N)c(NCC(C)(C)C)c2c1)c1cn(C2(C(F)F)CC2)nn1. The maximum absolute atomic E-state index is 13.8. The van der Waals surface area contributed by atoms with Gasteiger partial charge in [0.25, 0.3) is 6.43 Å². The van der Waals surface area contributed by atoms with Crippen molar-refractivity contribution in [1.29, 1.82) is 10.5 Å². The number of alkyl halides is 2. The Kier molecular flexibility index (Phi) is 7.31. The normalized spacial score (nSPS) is 14.9. The van der Waals surface area contributed by atoms with Gasteiger partial charge in [-0.15, -0.1) is 5.10 Å². The number of nitrogens with zero attached hydrogens (tertiary/aromatic N) is 7. The van der Waals surface area contributed by atoms with Crippen molar-refractivity contribution in [3.8, 4) is 12.1 Å². The molecule has 0 saturated heterocycles. The number of fused-ring (bicyclic) bond motifs is 1. The van der Waals surface area contributed by atoms with Crippen LogP contribution in [0.3, 0.4) is 0 Å². The molecule has 3 heterocycles. The molecule has 0 unspecified atom stereocenters. The summed E-state index contributed by atoms with van der Waals surface area (Å²) >= 11 is 0. The molecular weight excluding hydrogens is 524 g/mol. The highest BCUT2D eigenvalue weighted by Gasteiger charge is 2.54. The molecule has 1 fully saturated rings. The fourth-order valence-electron chi connectivity index (χ4n) is 4.89. The van der Waals surface area contributed by atoms with E-state index in [0.717, 1.165) is 11.3 Å². The number of pyridine rings is 2. The standard InChI is InChI=1S/C30H31F2N9/c1-5-23-21(7-6-10-35-23)27(24-16-41(40-39-24)30(8-9-30)28(31)32)38-20-11-18(13-33)25-22(12-20)26(19(14-34)15-36-25)37-17-29(2,3)4/h6-7,10-12,15-16,27-28,38H,5,8-9,17H2,1-4H3,(H,36,37)/t27-/m0/s1. The lowest BCUT2D eigenvalue weighted by Gasteiger charge is -2.23. The molecule has 0 radical (unpaired) electrons. The highest BCUT2D eigenvalue weighted by atomic mass is 19.3. The van der Waals surface area contributed by atoms with E-state index in [1.165, 1.54) is 10.9 Å². The van der Waals surface area contributed by atoms with Gasteiger partial charge in [0.2, 0.25) is 0 Å². The van der Waals surface area contributed by atoms with Crippen LogP contribution >= 0.6 is 0 Å². The van der Waals surface area contributed by atoms with Crippen LogP contribution in [0.25, 0.3) is 10.9 Å². The Morgan fingerprint density at radius 3 is 2.51 bits per heavy atom. The van der Waals surface area contributed by atoms with Crippen molar-refractivity contribution in [3.63, 3.8) is 0 Å². The summed E-state index contributed by atoms with van der Waals surface area (Å²) in [5.41, 5.74) is 3.03. The van der Waals surface area contributed by atoms with Gasteiger partial charge in [-0.2, -0.15) is 10.5 Å². The van der Waals surface area contributed by atoms with Crippen molar-refractivity contribution in [2.45, 2.75) is 65.0 Å². The molecule has 1 aliphatic carbocycles. The molecule has 2 N–H and O–H groups in total. The second-order valence-corrected chi connectivity index (χ2v) is 11.6. The quantitative estimate of drug-likeness (QED) is 0.260. The molecular formula is C30H31F2N9. The van der Waals surface area contributed by atoms with Crippen LogP contribution in [0.5, 0.6) is 0 Å². The van der Waals surface area contributed by atoms with E-state index in [2.05, 4.69) is 63.8 Å². The van der Waals surface area contributed by atoms with Crippen LogP contribution < -0.4 is 10.6 Å². The van der Waals surface area contributed by atoms with Gasteiger partial charge in [-0.1, -0.05) is 39.0 Å². The zero-order chi connectivity index (χ0) is 29.4. The monoisotopic (exact) mass is 555 g/mol. The van der Waals surface area contributed by atoms with E-state index in [-0.39, 0.29) is 5.41 Å². The van der Waals surface area contributed by atoms with E-state index in [1.807, 2.05) is 25.1 Å². The van der Waals surface area contributed by atoms with Crippen molar-refractivity contribution in [1.82, 2.24) is 25.0 Å². The number of hydrogen-bond acceptors (Lipinski definition) is 8. The number of anilines is 2. The third-order valence-electron chi connectivity index (χ3n) is 7.32. The average molecular weight is 556 g/mol. The zero-order valence-corrected chi connectivity index (χ0v) is 23.4. The first-order chi connectivity index (χ1) is 19.6. The lowest BCUT2D eigenvalue weighted by atomic mass is 9.96. The Hall–Kier alpha value is -4.64. The van der Waals surface area contributed by atoms with Crippen molar-refractivity contribution in [3.05, 3.63) is 70.9 Å². The maximum atomic E-state index is 13.8. The van der Waals surface area contributed by atoms with Crippen LogP contribution in [0.1, 0.15) is 74.7 Å². The summed E-state index contributed by atoms with van der Waals surface area (Å²) in [7, 11) is 0. The molecule has 4 aromatic rings. The predicted molar refractivity (Wildman–Crippen MR) is 151 cm³/mol. The molecule has 11 heteroatoms. The Morgan fingerprint density at radius 2 is 1.88 bits per heavy atom. The summed E-state index contributed by atoms with van der Waals surface area (Å²) in [4.78, 5) is 8.95. The molecule has 41 heavy (non-hydrogen) atoms. The third-order valence-corrected chi connectivity index (χ3v) is 7.32. The van der Waals surface area contributed by atoms with Crippen LogP contribution in [-0.2, 0) is 12.0 Å². The Balaban J connectivity index is 1.64. The van der Waals surface area contributed by atoms with E-state index in [0.29, 0.717) is 64.9 Å². The third kappa shape index (κ3) is 5.40. The van der Waals surface area contributed by atoms with Crippen molar-refractivity contribution >= 4 is 22.3 Å². The van der Waals surface area contributed by atoms with E-state index in [4.69, 9.17) is 0 Å². The predicted octanol–water partition coefficient (Wildman–Crippen LogP) is 5.94. The minimum atomic E-state index is -2.55. The fourth-order valence-corrected chi connectivity index (χ4v) is 4.89. The number of nitriles is 2. The second-order valence-electron chi connectivity index (χ2n) is 11.6. The van der Waals surface area contributed by atoms with Gasteiger partial charge < -0.3 is 10.6 Å². The summed E-state index contributed by atoms with van der Waals surface area (Å²) in [5, 5.41) is 35.8. The van der Waals surface area contributed by atoms with Crippen LogP contribution in [-0.4, -0.2) is 37.9 Å². The van der Waals surface area contributed by atoms with E-state index in [9.17, 15) is 19.3 Å². The molecule has 3 aromatic heterocycles. The molecule has 210 valence electrons. The fraction of sp³-hybridized carbons (Fsp3) is 0.400. The first-order valence-electron chi connectivity index (χ1n) is 13.5. The highest BCUT2D eigenvalue weighted by Crippen LogP contribution is 2.48. The smallest absolute Gasteiger partial charge is 0.263 e. The van der Waals surface area contributed by atoms with Crippen LogP contribution in [0, 0.1) is 28.1 Å². The van der Waals surface area contributed by atoms with E-state index < -0.39 is 18.0 Å². The minimum absolute atomic E-state index is 0.0683. The first-order valence-corrected chi connectivity index (χ1v) is 13.5. The first kappa shape index (κ1) is 27.9. The van der Waals surface area contributed by atoms with Crippen LogP contribution in [0.2, 0.25) is 0 Å². The maximum Gasteiger partial charge on any atom is 0.263 e. The average Bonchev–Trinajstić information content (AvgIpc) is 3.63. The lowest BCUT2D eigenvalue weighted by molar-refractivity contribution is 0.0593. The van der Waals surface area contributed by atoms with E-state index >= 15 is 0 Å². The number of nitrogens with one attached hydrogen (secondary N) is 2. The molecule has 0 bridgehead atoms. The molecule has 1 atom stereocenters. The minimum Gasteiger partial charge on any atom is -0.383 e. The molecule has 1 saturated carbocycles. The Morgan fingerprint density at radius 1 is 1.12 bits per heavy atom. The summed E-state index contributed by atoms with van der Waals surface area (Å²) in [5.74, 6) is 0. The molecule has 0 aliphatic heterocycles. The number of hydrogen-bond donors (Lipinski definition) is 2. The second kappa shape index (κ2) is 10.7. The number of rotatable bonds is 9. The van der Waals surface area contributed by atoms with Crippen molar-refractivity contribution in [2.75, 3.05) is 17.2 Å². The summed E-state index contributed by atoms with van der Waals surface area (Å²) in [6.07, 6.45) is 3.52. The van der Waals surface area contributed by atoms with E-state index in [1.54, 1.807) is 18.5 Å². The van der Waals surface area contributed by atoms with Crippen LogP contribution in [0.15, 0.2) is 42.9 Å². The molecule has 0 amide bonds. The number of halogens is 2. The van der Waals surface area contributed by atoms with Gasteiger partial charge >= 0.3 is 0 Å². The van der Waals surface area contributed by atoms with Crippen molar-refractivity contribution in [2.24, 2.45) is 5.41 Å². The molecule has 1 aliphatic rings. The summed E-state index contributed by atoms with van der Waals surface area (Å²) in [6, 6.07) is 11.1. The van der Waals surface area contributed by atoms with Gasteiger partial charge in [-0.05, 0) is 42.9 Å².